The van der Waals surface area contributed by atoms with Gasteiger partial charge in [0, 0.05) is 37.7 Å². The van der Waals surface area contributed by atoms with E-state index in [0.717, 1.165) is 5.56 Å². The van der Waals surface area contributed by atoms with E-state index < -0.39 is 35.9 Å². The number of carbonyl (C=O) groups excluding carboxylic acids is 4. The van der Waals surface area contributed by atoms with Crippen LogP contribution in [0.3, 0.4) is 0 Å². The van der Waals surface area contributed by atoms with Gasteiger partial charge in [0.2, 0.25) is 23.6 Å². The molecule has 12 heteroatoms. The fraction of sp³-hybridized carbons (Fsp3) is 0.656. The molecular weight excluding hydrogens is 564 g/mol. The molecule has 0 aliphatic carbocycles. The lowest BCUT2D eigenvalue weighted by molar-refractivity contribution is -0.137. The second kappa shape index (κ2) is 20.3. The van der Waals surface area contributed by atoms with Crippen LogP contribution in [0.5, 0.6) is 0 Å². The molecule has 8 N–H and O–H groups in total. The summed E-state index contributed by atoms with van der Waals surface area (Å²) in [6.45, 7) is 12.2. The van der Waals surface area contributed by atoms with Gasteiger partial charge in [-0.3, -0.25) is 24.0 Å². The molecule has 0 aliphatic heterocycles. The van der Waals surface area contributed by atoms with Crippen molar-refractivity contribution in [3.05, 3.63) is 29.8 Å². The number of nitrogens with two attached hydrogens (primary N) is 1. The highest BCUT2D eigenvalue weighted by atomic mass is 16.4. The van der Waals surface area contributed by atoms with Crippen molar-refractivity contribution in [1.82, 2.24) is 26.6 Å². The normalized spacial score (nSPS) is 14.5. The first kappa shape index (κ1) is 38.4. The molecule has 0 bridgehead atoms. The van der Waals surface area contributed by atoms with E-state index in [9.17, 15) is 24.0 Å². The molecule has 5 atom stereocenters. The number of hydrogen-bond donors (Lipinski definition) is 7. The molecule has 0 radical (unpaired) electrons. The summed E-state index contributed by atoms with van der Waals surface area (Å²) in [5.74, 6) is -2.28. The third-order valence-corrected chi connectivity index (χ3v) is 7.43. The molecule has 0 saturated heterocycles. The van der Waals surface area contributed by atoms with Crippen LogP contribution in [0.25, 0.3) is 0 Å². The highest BCUT2D eigenvalue weighted by molar-refractivity contribution is 5.92. The molecule has 1 aromatic rings. The van der Waals surface area contributed by atoms with Gasteiger partial charge in [-0.1, -0.05) is 59.6 Å². The average Bonchev–Trinajstić information content (AvgIpc) is 2.96. The maximum absolute atomic E-state index is 13.4. The number of carboxylic acids is 1. The highest BCUT2D eigenvalue weighted by Crippen LogP contribution is 2.11. The van der Waals surface area contributed by atoms with Crippen molar-refractivity contribution in [3.8, 4) is 0 Å². The minimum absolute atomic E-state index is 0.00685. The summed E-state index contributed by atoms with van der Waals surface area (Å²) in [6.07, 6.45) is 2.36. The summed E-state index contributed by atoms with van der Waals surface area (Å²) < 4.78 is 0. The predicted molar refractivity (Wildman–Crippen MR) is 171 cm³/mol. The molecule has 44 heavy (non-hydrogen) atoms. The maximum Gasteiger partial charge on any atom is 0.303 e. The number of rotatable bonds is 21. The molecule has 1 aromatic carbocycles. The summed E-state index contributed by atoms with van der Waals surface area (Å²) in [5, 5.41) is 23.6. The molecule has 12 nitrogen and oxygen atoms in total. The van der Waals surface area contributed by atoms with Gasteiger partial charge in [-0.15, -0.1) is 0 Å². The van der Waals surface area contributed by atoms with Gasteiger partial charge in [-0.2, -0.15) is 0 Å². The van der Waals surface area contributed by atoms with Crippen LogP contribution in [0.2, 0.25) is 0 Å². The van der Waals surface area contributed by atoms with E-state index in [1.807, 2.05) is 46.8 Å². The first-order valence-corrected chi connectivity index (χ1v) is 15.7. The fourth-order valence-corrected chi connectivity index (χ4v) is 4.62. The minimum atomic E-state index is -0.986. The van der Waals surface area contributed by atoms with Gasteiger partial charge in [0.15, 0.2) is 0 Å². The van der Waals surface area contributed by atoms with Crippen molar-refractivity contribution in [2.45, 2.75) is 117 Å². The van der Waals surface area contributed by atoms with E-state index >= 15 is 0 Å². The van der Waals surface area contributed by atoms with Crippen LogP contribution in [0, 0.1) is 11.8 Å². The number of nitrogens with one attached hydrogen (secondary N) is 5. The molecule has 0 aromatic heterocycles. The van der Waals surface area contributed by atoms with Crippen molar-refractivity contribution in [2.24, 2.45) is 11.8 Å². The van der Waals surface area contributed by atoms with Crippen LogP contribution in [-0.2, 0) is 30.5 Å². The Morgan fingerprint density at radius 1 is 0.864 bits per heavy atom. The lowest BCUT2D eigenvalue weighted by Gasteiger charge is -2.28. The van der Waals surface area contributed by atoms with Gasteiger partial charge in [-0.05, 0) is 55.7 Å². The van der Waals surface area contributed by atoms with Gasteiger partial charge in [0.05, 0.1) is 6.04 Å². The summed E-state index contributed by atoms with van der Waals surface area (Å²) >= 11 is 0. The number of carbonyl (C=O) groups is 5. The summed E-state index contributed by atoms with van der Waals surface area (Å²) in [4.78, 5) is 62.7. The van der Waals surface area contributed by atoms with Gasteiger partial charge in [0.25, 0.3) is 0 Å². The predicted octanol–water partition coefficient (Wildman–Crippen LogP) is 2.46. The Hall–Kier alpha value is -3.67. The van der Waals surface area contributed by atoms with Crippen LogP contribution in [0.1, 0.15) is 92.1 Å². The largest absolute Gasteiger partial charge is 0.481 e. The van der Waals surface area contributed by atoms with E-state index in [-0.39, 0.29) is 49.0 Å². The molecule has 0 fully saturated rings. The second-order valence-electron chi connectivity index (χ2n) is 12.0. The summed E-state index contributed by atoms with van der Waals surface area (Å²) in [7, 11) is 0. The molecule has 0 aliphatic rings. The van der Waals surface area contributed by atoms with E-state index in [2.05, 4.69) is 26.6 Å². The number of carboxylic acid groups (broad SMARTS) is 1. The number of aliphatic carboxylic acids is 1. The zero-order valence-corrected chi connectivity index (χ0v) is 27.2. The van der Waals surface area contributed by atoms with Gasteiger partial charge in [-0.25, -0.2) is 0 Å². The van der Waals surface area contributed by atoms with Crippen molar-refractivity contribution >= 4 is 35.3 Å². The van der Waals surface area contributed by atoms with Crippen molar-refractivity contribution in [1.29, 1.82) is 0 Å². The molecule has 1 rings (SSSR count). The number of amides is 4. The maximum atomic E-state index is 13.4. The first-order chi connectivity index (χ1) is 20.8. The van der Waals surface area contributed by atoms with Crippen molar-refractivity contribution in [2.75, 3.05) is 12.3 Å². The van der Waals surface area contributed by atoms with Gasteiger partial charge in [0.1, 0.15) is 12.1 Å². The Labute approximate surface area is 262 Å². The summed E-state index contributed by atoms with van der Waals surface area (Å²) in [6, 6.07) is 4.82. The quantitative estimate of drug-likeness (QED) is 0.102. The zero-order valence-electron chi connectivity index (χ0n) is 27.2. The zero-order chi connectivity index (χ0) is 33.2. The lowest BCUT2D eigenvalue weighted by Crippen LogP contribution is -2.57. The van der Waals surface area contributed by atoms with E-state index in [1.165, 1.54) is 0 Å². The fourth-order valence-electron chi connectivity index (χ4n) is 4.62. The lowest BCUT2D eigenvalue weighted by atomic mass is 9.97. The molecule has 0 saturated carbocycles. The molecule has 0 spiro atoms. The summed E-state index contributed by atoms with van der Waals surface area (Å²) in [5.41, 5.74) is 7.30. The monoisotopic (exact) mass is 618 g/mol. The van der Waals surface area contributed by atoms with Crippen molar-refractivity contribution in [3.63, 3.8) is 0 Å². The van der Waals surface area contributed by atoms with Crippen LogP contribution < -0.4 is 32.3 Å². The highest BCUT2D eigenvalue weighted by Gasteiger charge is 2.30. The number of nitrogen functional groups attached to an aromatic ring is 1. The topological polar surface area (TPSA) is 192 Å². The standard InChI is InChI=1S/C32H54N6O6/c1-7-10-26(37-32(44)29(21(5)8-2)38-27(39)11-9-12-28(40)41)31(43)36-25(17-20(3)4)19-34-22(6)30(42)35-18-23-13-15-24(33)16-14-23/h13-16,20-22,25-26,29,34H,7-12,17-19,33H2,1-6H3,(H,35,42)(H,36,43)(H,37,44)(H,38,39)(H,40,41)/t21-,22-,25-,26-,29-/m0/s1. The van der Waals surface area contributed by atoms with E-state index in [1.54, 1.807) is 19.1 Å². The molecule has 4 amide bonds. The second-order valence-corrected chi connectivity index (χ2v) is 12.0. The minimum Gasteiger partial charge on any atom is -0.481 e. The SMILES string of the molecule is CCC[C@H](NC(=O)[C@@H](NC(=O)CCCC(=O)O)[C@@H](C)CC)C(=O)N[C@H](CN[C@@H](C)C(=O)NCc1ccc(N)cc1)CC(C)C. The van der Waals surface area contributed by atoms with Gasteiger partial charge < -0.3 is 37.4 Å². The van der Waals surface area contributed by atoms with E-state index in [4.69, 9.17) is 10.8 Å². The Morgan fingerprint density at radius 3 is 2.09 bits per heavy atom. The molecule has 248 valence electrons. The van der Waals surface area contributed by atoms with Crippen LogP contribution >= 0.6 is 0 Å². The molecule has 0 heterocycles. The third-order valence-electron chi connectivity index (χ3n) is 7.43. The number of benzene rings is 1. The number of hydrogen-bond acceptors (Lipinski definition) is 7. The number of anilines is 1. The van der Waals surface area contributed by atoms with Crippen LogP contribution in [-0.4, -0.2) is 65.4 Å². The van der Waals surface area contributed by atoms with Gasteiger partial charge >= 0.3 is 5.97 Å². The van der Waals surface area contributed by atoms with E-state index in [0.29, 0.717) is 44.5 Å². The molecular formula is C32H54N6O6. The smallest absolute Gasteiger partial charge is 0.303 e. The van der Waals surface area contributed by atoms with Crippen LogP contribution in [0.4, 0.5) is 5.69 Å². The first-order valence-electron chi connectivity index (χ1n) is 15.7. The Bertz CT molecular complexity index is 1060. The Morgan fingerprint density at radius 2 is 1.52 bits per heavy atom. The Balaban J connectivity index is 2.82. The average molecular weight is 619 g/mol. The van der Waals surface area contributed by atoms with Crippen molar-refractivity contribution < 1.29 is 29.1 Å². The van der Waals surface area contributed by atoms with Crippen LogP contribution in [0.15, 0.2) is 24.3 Å². The third kappa shape index (κ3) is 15.2. The molecule has 0 unspecified atom stereocenters. The Kier molecular flexibility index (Phi) is 17.7.